The topological polar surface area (TPSA) is 48.1 Å². The maximum atomic E-state index is 12.0. The molecule has 0 saturated carbocycles. The van der Waals surface area contributed by atoms with E-state index in [4.69, 9.17) is 10.5 Å². The summed E-state index contributed by atoms with van der Waals surface area (Å²) in [5.74, 6) is 0.273. The van der Waals surface area contributed by atoms with Gasteiger partial charge in [0.15, 0.2) is 0 Å². The highest BCUT2D eigenvalue weighted by Gasteiger charge is 2.27. The van der Waals surface area contributed by atoms with Gasteiger partial charge in [-0.15, -0.1) is 0 Å². The average Bonchev–Trinajstić information content (AvgIpc) is 2.36. The van der Waals surface area contributed by atoms with Crippen LogP contribution in [0.4, 0.5) is 18.9 Å². The molecule has 0 aliphatic carbocycles. The van der Waals surface area contributed by atoms with Crippen molar-refractivity contribution < 1.29 is 17.9 Å². The van der Waals surface area contributed by atoms with E-state index in [9.17, 15) is 13.2 Å². The molecule has 2 rings (SSSR count). The summed E-state index contributed by atoms with van der Waals surface area (Å²) < 4.78 is 41.2. The number of thioether (sulfide) groups is 1. The lowest BCUT2D eigenvalue weighted by Gasteiger charge is -2.10. The Labute approximate surface area is 112 Å². The Morgan fingerprint density at radius 1 is 1.26 bits per heavy atom. The van der Waals surface area contributed by atoms with Crippen molar-refractivity contribution >= 4 is 28.4 Å². The molecule has 0 aliphatic heterocycles. The zero-order chi connectivity index (χ0) is 13.9. The first-order chi connectivity index (χ1) is 8.97. The molecule has 0 fully saturated rings. The first-order valence-electron chi connectivity index (χ1n) is 5.44. The summed E-state index contributed by atoms with van der Waals surface area (Å²) in [5, 5.41) is 0.725. The van der Waals surface area contributed by atoms with E-state index < -0.39 is 5.51 Å². The molecule has 1 heterocycles. The molecule has 0 radical (unpaired) electrons. The number of anilines is 1. The van der Waals surface area contributed by atoms with Gasteiger partial charge >= 0.3 is 5.51 Å². The van der Waals surface area contributed by atoms with Crippen LogP contribution in [0.5, 0.6) is 5.75 Å². The quantitative estimate of drug-likeness (QED) is 0.691. The predicted octanol–water partition coefficient (Wildman–Crippen LogP) is 3.45. The number of nitrogens with two attached hydrogens (primary N) is 1. The number of hydrogen-bond donors (Lipinski definition) is 1. The Balaban J connectivity index is 2.07. The van der Waals surface area contributed by atoms with Crippen LogP contribution in [0.2, 0.25) is 0 Å². The number of halogens is 3. The highest BCUT2D eigenvalue weighted by Crippen LogP contribution is 2.31. The third-order valence-corrected chi connectivity index (χ3v) is 3.07. The highest BCUT2D eigenvalue weighted by molar-refractivity contribution is 8.00. The summed E-state index contributed by atoms with van der Waals surface area (Å²) in [5.41, 5.74) is 2.67. The fraction of sp³-hybridized carbons (Fsp3) is 0.250. The molecule has 1 aromatic carbocycles. The molecule has 0 saturated heterocycles. The van der Waals surface area contributed by atoms with Crippen LogP contribution in [0.3, 0.4) is 0 Å². The normalized spacial score (nSPS) is 11.7. The summed E-state index contributed by atoms with van der Waals surface area (Å²) in [6.45, 7) is -0.0419. The van der Waals surface area contributed by atoms with Crippen LogP contribution in [0.25, 0.3) is 10.9 Å². The minimum absolute atomic E-state index is 0.0419. The number of nitrogen functional groups attached to an aromatic ring is 1. The molecular weight excluding hydrogens is 277 g/mol. The molecule has 0 bridgehead atoms. The summed E-state index contributed by atoms with van der Waals surface area (Å²) in [7, 11) is 0. The van der Waals surface area contributed by atoms with E-state index in [0.29, 0.717) is 17.0 Å². The van der Waals surface area contributed by atoms with Crippen LogP contribution >= 0.6 is 11.8 Å². The van der Waals surface area contributed by atoms with Gasteiger partial charge in [-0.1, -0.05) is 0 Å². The van der Waals surface area contributed by atoms with Gasteiger partial charge in [-0.3, -0.25) is 4.98 Å². The molecule has 7 heteroatoms. The van der Waals surface area contributed by atoms with Gasteiger partial charge in [0.2, 0.25) is 0 Å². The first kappa shape index (κ1) is 13.8. The van der Waals surface area contributed by atoms with Crippen LogP contribution < -0.4 is 10.5 Å². The molecule has 3 nitrogen and oxygen atoms in total. The van der Waals surface area contributed by atoms with Gasteiger partial charge in [-0.05, 0) is 36.0 Å². The van der Waals surface area contributed by atoms with Crippen molar-refractivity contribution in [3.05, 3.63) is 30.5 Å². The fourth-order valence-corrected chi connectivity index (χ4v) is 1.99. The van der Waals surface area contributed by atoms with E-state index in [2.05, 4.69) is 4.98 Å². The maximum Gasteiger partial charge on any atom is 0.441 e. The number of aromatic nitrogens is 1. The molecule has 2 aromatic rings. The van der Waals surface area contributed by atoms with Crippen LogP contribution in [-0.4, -0.2) is 22.9 Å². The minimum Gasteiger partial charge on any atom is -0.490 e. The monoisotopic (exact) mass is 288 g/mol. The van der Waals surface area contributed by atoms with Crippen LogP contribution in [0.15, 0.2) is 30.5 Å². The third-order valence-electron chi connectivity index (χ3n) is 2.37. The molecule has 0 spiro atoms. The van der Waals surface area contributed by atoms with Gasteiger partial charge < -0.3 is 10.5 Å². The highest BCUT2D eigenvalue weighted by atomic mass is 32.2. The Hall–Kier alpha value is -1.63. The van der Waals surface area contributed by atoms with Crippen molar-refractivity contribution in [2.45, 2.75) is 5.51 Å². The number of nitrogens with zero attached hydrogens (tertiary/aromatic N) is 1. The molecule has 0 amide bonds. The molecule has 2 N–H and O–H groups in total. The van der Waals surface area contributed by atoms with Crippen molar-refractivity contribution in [1.29, 1.82) is 0 Å². The molecule has 19 heavy (non-hydrogen) atoms. The Bertz CT molecular complexity index is 574. The van der Waals surface area contributed by atoms with Crippen LogP contribution in [0, 0.1) is 0 Å². The van der Waals surface area contributed by atoms with E-state index in [1.54, 1.807) is 30.5 Å². The third kappa shape index (κ3) is 3.66. The average molecular weight is 288 g/mol. The van der Waals surface area contributed by atoms with Crippen molar-refractivity contribution in [2.75, 3.05) is 18.1 Å². The maximum absolute atomic E-state index is 12.0. The lowest BCUT2D eigenvalue weighted by atomic mass is 10.2. The van der Waals surface area contributed by atoms with Gasteiger partial charge in [-0.25, -0.2) is 0 Å². The summed E-state index contributed by atoms with van der Waals surface area (Å²) in [6, 6.07) is 6.79. The molecular formula is C12H11F3N2OS. The molecule has 102 valence electrons. The first-order valence-corrected chi connectivity index (χ1v) is 6.42. The predicted molar refractivity (Wildman–Crippen MR) is 70.2 cm³/mol. The van der Waals surface area contributed by atoms with Gasteiger partial charge in [0, 0.05) is 23.0 Å². The fourth-order valence-electron chi connectivity index (χ4n) is 1.59. The van der Waals surface area contributed by atoms with Crippen LogP contribution in [0.1, 0.15) is 0 Å². The molecule has 0 atom stereocenters. The van der Waals surface area contributed by atoms with Crippen molar-refractivity contribution in [2.24, 2.45) is 0 Å². The number of ether oxygens (including phenoxy) is 1. The number of alkyl halides is 3. The number of fused-ring (bicyclic) bond motifs is 1. The zero-order valence-corrected chi connectivity index (χ0v) is 10.6. The Morgan fingerprint density at radius 3 is 2.79 bits per heavy atom. The van der Waals surface area contributed by atoms with Crippen molar-refractivity contribution in [3.8, 4) is 5.75 Å². The molecule has 0 aliphatic rings. The lowest BCUT2D eigenvalue weighted by molar-refractivity contribution is -0.0329. The van der Waals surface area contributed by atoms with Gasteiger partial charge in [-0.2, -0.15) is 13.2 Å². The van der Waals surface area contributed by atoms with Gasteiger partial charge in [0.25, 0.3) is 0 Å². The molecule has 1 aromatic heterocycles. The Morgan fingerprint density at radius 2 is 2.05 bits per heavy atom. The number of rotatable bonds is 4. The SMILES string of the molecule is Nc1ccc(OCCSC(F)(F)F)c2ncccc12. The van der Waals surface area contributed by atoms with Gasteiger partial charge in [0.1, 0.15) is 11.3 Å². The second kappa shape index (κ2) is 5.56. The van der Waals surface area contributed by atoms with E-state index in [1.807, 2.05) is 0 Å². The molecule has 0 unspecified atom stereocenters. The smallest absolute Gasteiger partial charge is 0.441 e. The summed E-state index contributed by atoms with van der Waals surface area (Å²) >= 11 is -0.109. The zero-order valence-electron chi connectivity index (χ0n) is 9.78. The second-order valence-corrected chi connectivity index (χ2v) is 4.85. The van der Waals surface area contributed by atoms with Gasteiger partial charge in [0.05, 0.1) is 6.61 Å². The summed E-state index contributed by atoms with van der Waals surface area (Å²) in [6.07, 6.45) is 1.58. The van der Waals surface area contributed by atoms with E-state index >= 15 is 0 Å². The lowest BCUT2D eigenvalue weighted by Crippen LogP contribution is -2.07. The van der Waals surface area contributed by atoms with Crippen LogP contribution in [-0.2, 0) is 0 Å². The largest absolute Gasteiger partial charge is 0.490 e. The summed E-state index contributed by atoms with van der Waals surface area (Å²) in [4.78, 5) is 4.14. The van der Waals surface area contributed by atoms with Crippen molar-refractivity contribution in [1.82, 2.24) is 4.98 Å². The Kier molecular flexibility index (Phi) is 4.04. The number of pyridine rings is 1. The van der Waals surface area contributed by atoms with E-state index in [1.165, 1.54) is 0 Å². The number of benzene rings is 1. The van der Waals surface area contributed by atoms with E-state index in [0.717, 1.165) is 5.39 Å². The second-order valence-electron chi connectivity index (χ2n) is 3.70. The standard InChI is InChI=1S/C12H11F3N2OS/c13-12(14,15)19-7-6-18-10-4-3-9(16)8-2-1-5-17-11(8)10/h1-5H,6-7,16H2. The number of hydrogen-bond acceptors (Lipinski definition) is 4. The van der Waals surface area contributed by atoms with Crippen molar-refractivity contribution in [3.63, 3.8) is 0 Å². The minimum atomic E-state index is -4.23. The van der Waals surface area contributed by atoms with E-state index in [-0.39, 0.29) is 24.1 Å².